The summed E-state index contributed by atoms with van der Waals surface area (Å²) in [5, 5.41) is 0. The molecule has 0 amide bonds. The van der Waals surface area contributed by atoms with Gasteiger partial charge in [-0.2, -0.15) is 0 Å². The van der Waals surface area contributed by atoms with E-state index in [4.69, 9.17) is 0 Å². The molecular weight excluding hydrogens is 194 g/mol. The zero-order valence-corrected chi connectivity index (χ0v) is 10.9. The van der Waals surface area contributed by atoms with Crippen LogP contribution < -0.4 is 0 Å². The highest BCUT2D eigenvalue weighted by atomic mass is 15.1. The summed E-state index contributed by atoms with van der Waals surface area (Å²) >= 11 is 0. The Balaban J connectivity index is 0. The summed E-state index contributed by atoms with van der Waals surface area (Å²) in [6.45, 7) is 15.3. The van der Waals surface area contributed by atoms with Crippen LogP contribution in [0.1, 0.15) is 20.3 Å². The minimum absolute atomic E-state index is 0.927. The van der Waals surface area contributed by atoms with Crippen molar-refractivity contribution < 1.29 is 0 Å². The highest BCUT2D eigenvalue weighted by molar-refractivity contribution is 5.24. The maximum atomic E-state index is 3.68. The molecule has 1 aliphatic carbocycles. The van der Waals surface area contributed by atoms with Crippen LogP contribution in [-0.4, -0.2) is 18.5 Å². The summed E-state index contributed by atoms with van der Waals surface area (Å²) in [6, 6.07) is 0. The second-order valence-electron chi connectivity index (χ2n) is 2.91. The Kier molecular flexibility index (Phi) is 14.3. The second-order valence-corrected chi connectivity index (χ2v) is 2.91. The Bertz CT molecular complexity index is 240. The highest BCUT2D eigenvalue weighted by Gasteiger charge is 2.00. The Morgan fingerprint density at radius 3 is 2.12 bits per heavy atom. The lowest BCUT2D eigenvalue weighted by molar-refractivity contribution is 0.481. The lowest BCUT2D eigenvalue weighted by Crippen LogP contribution is -2.15. The first-order valence-electron chi connectivity index (χ1n) is 5.68. The average Bonchev–Trinajstić information content (AvgIpc) is 2.86. The number of nitrogens with zero attached hydrogens (tertiary/aromatic N) is 1. The van der Waals surface area contributed by atoms with Crippen LogP contribution in [0.5, 0.6) is 0 Å². The molecule has 0 radical (unpaired) electrons. The molecule has 16 heavy (non-hydrogen) atoms. The van der Waals surface area contributed by atoms with Gasteiger partial charge in [-0.25, -0.2) is 0 Å². The highest BCUT2D eigenvalue weighted by Crippen LogP contribution is 2.11. The molecule has 0 bridgehead atoms. The number of hydrogen-bond acceptors (Lipinski definition) is 1. The molecule has 0 aromatic heterocycles. The van der Waals surface area contributed by atoms with E-state index in [1.165, 1.54) is 5.70 Å². The molecule has 0 unspecified atom stereocenters. The summed E-state index contributed by atoms with van der Waals surface area (Å²) in [5.74, 6) is 0. The van der Waals surface area contributed by atoms with Crippen LogP contribution in [0.25, 0.3) is 0 Å². The third kappa shape index (κ3) is 9.07. The van der Waals surface area contributed by atoms with E-state index in [0.717, 1.165) is 13.0 Å². The van der Waals surface area contributed by atoms with Crippen LogP contribution in [-0.2, 0) is 0 Å². The summed E-state index contributed by atoms with van der Waals surface area (Å²) in [7, 11) is 2.07. The summed E-state index contributed by atoms with van der Waals surface area (Å²) in [4.78, 5) is 2.18. The number of hydrogen-bond donors (Lipinski definition) is 0. The van der Waals surface area contributed by atoms with Gasteiger partial charge in [0.2, 0.25) is 0 Å². The number of rotatable bonds is 4. The van der Waals surface area contributed by atoms with E-state index < -0.39 is 0 Å². The van der Waals surface area contributed by atoms with Crippen molar-refractivity contribution in [1.29, 1.82) is 0 Å². The van der Waals surface area contributed by atoms with Crippen molar-refractivity contribution in [2.75, 3.05) is 13.6 Å². The monoisotopic (exact) mass is 219 g/mol. The molecule has 90 valence electrons. The van der Waals surface area contributed by atoms with Gasteiger partial charge >= 0.3 is 0 Å². The van der Waals surface area contributed by atoms with E-state index in [1.807, 2.05) is 19.9 Å². The van der Waals surface area contributed by atoms with Gasteiger partial charge in [0.1, 0.15) is 0 Å². The fraction of sp³-hybridized carbons (Fsp3) is 0.333. The molecule has 0 aromatic carbocycles. The summed E-state index contributed by atoms with van der Waals surface area (Å²) in [6.07, 6.45) is 12.8. The van der Waals surface area contributed by atoms with Gasteiger partial charge in [0.15, 0.2) is 0 Å². The van der Waals surface area contributed by atoms with Crippen molar-refractivity contribution in [3.05, 3.63) is 61.9 Å². The van der Waals surface area contributed by atoms with Gasteiger partial charge in [-0.1, -0.05) is 57.4 Å². The Morgan fingerprint density at radius 2 is 1.81 bits per heavy atom. The van der Waals surface area contributed by atoms with Crippen molar-refractivity contribution in [2.45, 2.75) is 20.3 Å². The van der Waals surface area contributed by atoms with Crippen molar-refractivity contribution in [1.82, 2.24) is 4.90 Å². The van der Waals surface area contributed by atoms with Crippen LogP contribution in [0.3, 0.4) is 0 Å². The number of likely N-dealkylation sites (N-methyl/N-ethyl adjacent to an activating group) is 1. The summed E-state index contributed by atoms with van der Waals surface area (Å²) in [5.41, 5.74) is 1.31. The van der Waals surface area contributed by atoms with Gasteiger partial charge in [-0.3, -0.25) is 0 Å². The van der Waals surface area contributed by atoms with E-state index in [1.54, 1.807) is 12.2 Å². The van der Waals surface area contributed by atoms with E-state index in [9.17, 15) is 0 Å². The molecule has 1 heteroatoms. The van der Waals surface area contributed by atoms with E-state index >= 15 is 0 Å². The molecule has 0 aliphatic heterocycles. The molecule has 0 N–H and O–H groups in total. The molecule has 0 spiro atoms. The molecule has 1 nitrogen and oxygen atoms in total. The zero-order chi connectivity index (χ0) is 12.8. The quantitative estimate of drug-likeness (QED) is 0.502. The van der Waals surface area contributed by atoms with Gasteiger partial charge in [-0.15, -0.1) is 6.58 Å². The van der Waals surface area contributed by atoms with E-state index in [2.05, 4.69) is 49.9 Å². The van der Waals surface area contributed by atoms with Gasteiger partial charge < -0.3 is 4.90 Å². The smallest absolute Gasteiger partial charge is 0.0353 e. The molecule has 0 fully saturated rings. The Labute approximate surface area is 101 Å². The van der Waals surface area contributed by atoms with Crippen molar-refractivity contribution >= 4 is 0 Å². The maximum absolute atomic E-state index is 3.68. The first-order valence-corrected chi connectivity index (χ1v) is 5.68. The van der Waals surface area contributed by atoms with Gasteiger partial charge in [0.05, 0.1) is 0 Å². The third-order valence-corrected chi connectivity index (χ3v) is 1.76. The molecule has 0 aromatic rings. The van der Waals surface area contributed by atoms with E-state index in [0.29, 0.717) is 0 Å². The number of allylic oxidation sites excluding steroid dienone is 5. The van der Waals surface area contributed by atoms with Gasteiger partial charge in [0.25, 0.3) is 0 Å². The topological polar surface area (TPSA) is 3.24 Å². The first-order chi connectivity index (χ1) is 7.76. The molecule has 0 heterocycles. The fourth-order valence-corrected chi connectivity index (χ4v) is 1.03. The summed E-state index contributed by atoms with van der Waals surface area (Å²) < 4.78 is 0. The Hall–Kier alpha value is -1.50. The minimum atomic E-state index is 0.927. The Morgan fingerprint density at radius 1 is 1.25 bits per heavy atom. The largest absolute Gasteiger partial charge is 0.371 e. The maximum Gasteiger partial charge on any atom is 0.0353 e. The van der Waals surface area contributed by atoms with E-state index in [-0.39, 0.29) is 0 Å². The predicted octanol–water partition coefficient (Wildman–Crippen LogP) is 4.33. The lowest BCUT2D eigenvalue weighted by atomic mass is 10.4. The molecule has 1 rings (SSSR count). The minimum Gasteiger partial charge on any atom is -0.371 e. The predicted molar refractivity (Wildman–Crippen MR) is 76.4 cm³/mol. The SMILES string of the molecule is C=CC=C.C=CCN(C)C1=CCC=C1.CC. The molecular formula is C15H25N. The van der Waals surface area contributed by atoms with Crippen LogP contribution in [0.2, 0.25) is 0 Å². The van der Waals surface area contributed by atoms with Gasteiger partial charge in [0, 0.05) is 19.3 Å². The second kappa shape index (κ2) is 13.5. The van der Waals surface area contributed by atoms with Crippen molar-refractivity contribution in [3.63, 3.8) is 0 Å². The lowest BCUT2D eigenvalue weighted by Gasteiger charge is -2.16. The fourth-order valence-electron chi connectivity index (χ4n) is 1.03. The molecule has 1 aliphatic rings. The zero-order valence-electron chi connectivity index (χ0n) is 10.9. The van der Waals surface area contributed by atoms with Crippen LogP contribution in [0.15, 0.2) is 61.9 Å². The third-order valence-electron chi connectivity index (χ3n) is 1.76. The normalized spacial score (nSPS) is 11.1. The molecule has 0 saturated heterocycles. The van der Waals surface area contributed by atoms with Crippen LogP contribution in [0, 0.1) is 0 Å². The molecule has 0 atom stereocenters. The first kappa shape index (κ1) is 16.9. The molecule has 0 saturated carbocycles. The standard InChI is InChI=1S/C9H13N.C4H6.C2H6/c1-3-8-10(2)9-6-4-5-7-9;1-3-4-2;1-2/h3-4,6-7H,1,5,8H2,2H3;3-4H,1-2H2;1-2H3. The average molecular weight is 219 g/mol. The van der Waals surface area contributed by atoms with Crippen LogP contribution >= 0.6 is 0 Å². The van der Waals surface area contributed by atoms with Crippen LogP contribution in [0.4, 0.5) is 0 Å². The van der Waals surface area contributed by atoms with Gasteiger partial charge in [-0.05, 0) is 12.5 Å². The van der Waals surface area contributed by atoms with Crippen molar-refractivity contribution in [3.8, 4) is 0 Å². The van der Waals surface area contributed by atoms with Crippen molar-refractivity contribution in [2.24, 2.45) is 0 Å².